The van der Waals surface area contributed by atoms with Crippen LogP contribution in [-0.2, 0) is 11.2 Å². The quantitative estimate of drug-likeness (QED) is 0.345. The second kappa shape index (κ2) is 7.92. The highest BCUT2D eigenvalue weighted by Gasteiger charge is 2.02. The molecule has 0 unspecified atom stereocenters. The SMILES string of the molecule is [N-]=[N+]=NCCC=Cc1ccccc1CCC(=O)O. The minimum absolute atomic E-state index is 0.129. The summed E-state index contributed by atoms with van der Waals surface area (Å²) >= 11 is 0. The summed E-state index contributed by atoms with van der Waals surface area (Å²) in [6.07, 6.45) is 5.19. The van der Waals surface area contributed by atoms with Crippen LogP contribution in [-0.4, -0.2) is 17.6 Å². The van der Waals surface area contributed by atoms with Gasteiger partial charge >= 0.3 is 5.97 Å². The lowest BCUT2D eigenvalue weighted by Crippen LogP contribution is -1.98. The number of azide groups is 1. The van der Waals surface area contributed by atoms with E-state index >= 15 is 0 Å². The van der Waals surface area contributed by atoms with Crippen LogP contribution in [0.1, 0.15) is 24.0 Å². The van der Waals surface area contributed by atoms with Crippen LogP contribution in [0.3, 0.4) is 0 Å². The zero-order valence-corrected chi connectivity index (χ0v) is 9.99. The van der Waals surface area contributed by atoms with Crippen molar-refractivity contribution in [3.05, 3.63) is 51.9 Å². The molecule has 1 aromatic rings. The Bertz CT molecular complexity index is 477. The van der Waals surface area contributed by atoms with Gasteiger partial charge in [-0.25, -0.2) is 0 Å². The highest BCUT2D eigenvalue weighted by Crippen LogP contribution is 2.13. The Balaban J connectivity index is 2.63. The molecule has 0 amide bonds. The Morgan fingerprint density at radius 3 is 2.94 bits per heavy atom. The van der Waals surface area contributed by atoms with Gasteiger partial charge in [0.2, 0.25) is 0 Å². The molecular formula is C13H15N3O2. The van der Waals surface area contributed by atoms with Crippen molar-refractivity contribution in [2.75, 3.05) is 6.54 Å². The summed E-state index contributed by atoms with van der Waals surface area (Å²) in [5.74, 6) is -0.794. The van der Waals surface area contributed by atoms with Crippen molar-refractivity contribution in [1.82, 2.24) is 0 Å². The topological polar surface area (TPSA) is 86.1 Å². The van der Waals surface area contributed by atoms with Gasteiger partial charge in [-0.2, -0.15) is 0 Å². The van der Waals surface area contributed by atoms with E-state index in [0.717, 1.165) is 11.1 Å². The van der Waals surface area contributed by atoms with Gasteiger partial charge in [-0.05, 0) is 29.5 Å². The summed E-state index contributed by atoms with van der Waals surface area (Å²) in [6, 6.07) is 7.68. The standard InChI is InChI=1S/C13H15N3O2/c14-16-15-10-4-3-7-11-5-1-2-6-12(11)8-9-13(17)18/h1-3,5-7H,4,8-10H2,(H,17,18). The van der Waals surface area contributed by atoms with Crippen LogP contribution in [0.25, 0.3) is 16.5 Å². The van der Waals surface area contributed by atoms with Crippen LogP contribution in [0.5, 0.6) is 0 Å². The van der Waals surface area contributed by atoms with E-state index in [0.29, 0.717) is 19.4 Å². The molecule has 5 heteroatoms. The average molecular weight is 245 g/mol. The smallest absolute Gasteiger partial charge is 0.303 e. The van der Waals surface area contributed by atoms with E-state index in [1.807, 2.05) is 36.4 Å². The lowest BCUT2D eigenvalue weighted by atomic mass is 10.0. The van der Waals surface area contributed by atoms with Crippen molar-refractivity contribution in [2.45, 2.75) is 19.3 Å². The van der Waals surface area contributed by atoms with Gasteiger partial charge < -0.3 is 5.11 Å². The molecule has 94 valence electrons. The van der Waals surface area contributed by atoms with E-state index in [-0.39, 0.29) is 6.42 Å². The molecule has 0 bridgehead atoms. The fraction of sp³-hybridized carbons (Fsp3) is 0.308. The molecule has 0 aliphatic heterocycles. The maximum Gasteiger partial charge on any atom is 0.303 e. The third-order valence-corrected chi connectivity index (χ3v) is 2.42. The van der Waals surface area contributed by atoms with E-state index in [9.17, 15) is 4.79 Å². The van der Waals surface area contributed by atoms with Crippen molar-refractivity contribution < 1.29 is 9.90 Å². The first kappa shape index (κ1) is 13.8. The second-order valence-electron chi connectivity index (χ2n) is 3.74. The summed E-state index contributed by atoms with van der Waals surface area (Å²) in [4.78, 5) is 13.2. The molecule has 0 saturated carbocycles. The van der Waals surface area contributed by atoms with Gasteiger partial charge in [-0.1, -0.05) is 41.5 Å². The van der Waals surface area contributed by atoms with Gasteiger partial charge in [0.1, 0.15) is 0 Å². The Labute approximate surface area is 105 Å². The number of nitrogens with zero attached hydrogens (tertiary/aromatic N) is 3. The molecule has 1 rings (SSSR count). The highest BCUT2D eigenvalue weighted by atomic mass is 16.4. The van der Waals surface area contributed by atoms with Crippen LogP contribution in [0.2, 0.25) is 0 Å². The fourth-order valence-electron chi connectivity index (χ4n) is 1.55. The minimum atomic E-state index is -0.794. The summed E-state index contributed by atoms with van der Waals surface area (Å²) in [7, 11) is 0. The number of hydrogen-bond donors (Lipinski definition) is 1. The second-order valence-corrected chi connectivity index (χ2v) is 3.74. The van der Waals surface area contributed by atoms with Crippen molar-refractivity contribution in [1.29, 1.82) is 0 Å². The third-order valence-electron chi connectivity index (χ3n) is 2.42. The Morgan fingerprint density at radius 2 is 2.22 bits per heavy atom. The number of benzene rings is 1. The first-order valence-electron chi connectivity index (χ1n) is 5.71. The molecule has 5 nitrogen and oxygen atoms in total. The molecule has 0 saturated heterocycles. The van der Waals surface area contributed by atoms with E-state index in [2.05, 4.69) is 10.0 Å². The van der Waals surface area contributed by atoms with E-state index in [1.165, 1.54) is 0 Å². The largest absolute Gasteiger partial charge is 0.481 e. The Hall–Kier alpha value is -2.26. The fourth-order valence-corrected chi connectivity index (χ4v) is 1.55. The molecule has 0 fully saturated rings. The Morgan fingerprint density at radius 1 is 1.44 bits per heavy atom. The lowest BCUT2D eigenvalue weighted by molar-refractivity contribution is -0.136. The van der Waals surface area contributed by atoms with Crippen molar-refractivity contribution in [3.63, 3.8) is 0 Å². The zero-order valence-electron chi connectivity index (χ0n) is 9.99. The molecule has 0 aliphatic carbocycles. The van der Waals surface area contributed by atoms with Gasteiger partial charge in [0.05, 0.1) is 0 Å². The molecular weight excluding hydrogens is 230 g/mol. The molecule has 0 radical (unpaired) electrons. The number of carboxylic acid groups (broad SMARTS) is 1. The molecule has 0 aromatic heterocycles. The summed E-state index contributed by atoms with van der Waals surface area (Å²) in [5, 5.41) is 12.1. The van der Waals surface area contributed by atoms with Crippen LogP contribution in [0, 0.1) is 0 Å². The third kappa shape index (κ3) is 5.18. The molecule has 0 spiro atoms. The molecule has 0 atom stereocenters. The molecule has 0 aliphatic rings. The number of aryl methyl sites for hydroxylation is 1. The van der Waals surface area contributed by atoms with Gasteiger partial charge in [0, 0.05) is 17.9 Å². The molecule has 1 aromatic carbocycles. The lowest BCUT2D eigenvalue weighted by Gasteiger charge is -2.03. The summed E-state index contributed by atoms with van der Waals surface area (Å²) in [5.41, 5.74) is 10.2. The van der Waals surface area contributed by atoms with Crippen LogP contribution in [0.15, 0.2) is 35.5 Å². The number of carboxylic acids is 1. The van der Waals surface area contributed by atoms with Crippen molar-refractivity contribution >= 4 is 12.0 Å². The first-order valence-corrected chi connectivity index (χ1v) is 5.71. The number of carbonyl (C=O) groups is 1. The van der Waals surface area contributed by atoms with E-state index < -0.39 is 5.97 Å². The maximum atomic E-state index is 10.6. The van der Waals surface area contributed by atoms with Gasteiger partial charge in [0.25, 0.3) is 0 Å². The van der Waals surface area contributed by atoms with Crippen LogP contribution < -0.4 is 0 Å². The number of rotatable bonds is 7. The normalized spacial score (nSPS) is 10.2. The molecule has 18 heavy (non-hydrogen) atoms. The minimum Gasteiger partial charge on any atom is -0.481 e. The average Bonchev–Trinajstić information content (AvgIpc) is 2.37. The van der Waals surface area contributed by atoms with Crippen molar-refractivity contribution in [3.8, 4) is 0 Å². The van der Waals surface area contributed by atoms with Gasteiger partial charge in [-0.3, -0.25) is 4.79 Å². The van der Waals surface area contributed by atoms with Crippen LogP contribution >= 0.6 is 0 Å². The predicted molar refractivity (Wildman–Crippen MR) is 70.1 cm³/mol. The number of aliphatic carboxylic acids is 1. The predicted octanol–water partition coefficient (Wildman–Crippen LogP) is 3.42. The Kier molecular flexibility index (Phi) is 6.08. The monoisotopic (exact) mass is 245 g/mol. The summed E-state index contributed by atoms with van der Waals surface area (Å²) < 4.78 is 0. The first-order chi connectivity index (χ1) is 8.74. The summed E-state index contributed by atoms with van der Waals surface area (Å²) in [6.45, 7) is 0.435. The van der Waals surface area contributed by atoms with Gasteiger partial charge in [-0.15, -0.1) is 0 Å². The molecule has 0 heterocycles. The van der Waals surface area contributed by atoms with E-state index in [4.69, 9.17) is 10.6 Å². The molecule has 1 N–H and O–H groups in total. The van der Waals surface area contributed by atoms with E-state index in [1.54, 1.807) is 0 Å². The maximum absolute atomic E-state index is 10.6. The number of hydrogen-bond acceptors (Lipinski definition) is 2. The zero-order chi connectivity index (χ0) is 13.2. The van der Waals surface area contributed by atoms with Gasteiger partial charge in [0.15, 0.2) is 0 Å². The van der Waals surface area contributed by atoms with Crippen molar-refractivity contribution in [2.24, 2.45) is 5.11 Å². The van der Waals surface area contributed by atoms with Crippen LogP contribution in [0.4, 0.5) is 0 Å². The highest BCUT2D eigenvalue weighted by molar-refractivity contribution is 5.67.